The lowest BCUT2D eigenvalue weighted by atomic mass is 10.1. The molecule has 6 heteroatoms. The molecular weight excluding hydrogens is 257 g/mol. The van der Waals surface area contributed by atoms with Crippen molar-refractivity contribution in [2.45, 2.75) is 6.42 Å². The van der Waals surface area contributed by atoms with Crippen molar-refractivity contribution in [2.24, 2.45) is 0 Å². The summed E-state index contributed by atoms with van der Waals surface area (Å²) in [6, 6.07) is 7.52. The van der Waals surface area contributed by atoms with E-state index in [1.165, 1.54) is 0 Å². The number of anilines is 1. The Morgan fingerprint density at radius 3 is 2.56 bits per heavy atom. The van der Waals surface area contributed by atoms with Gasteiger partial charge < -0.3 is 9.64 Å². The highest BCUT2D eigenvalue weighted by Crippen LogP contribution is 2.22. The lowest BCUT2D eigenvalue weighted by molar-refractivity contribution is 0.122. The highest BCUT2D eigenvalue weighted by atomic mass is 32.3. The van der Waals surface area contributed by atoms with Crippen LogP contribution in [0.25, 0.3) is 0 Å². The van der Waals surface area contributed by atoms with Crippen LogP contribution in [0.4, 0.5) is 9.57 Å². The number of halogens is 1. The number of hydrogen-bond donors (Lipinski definition) is 0. The Bertz CT molecular complexity index is 498. The molecular formula is C12H16FNO3S. The van der Waals surface area contributed by atoms with Gasteiger partial charge in [0.15, 0.2) is 0 Å². The first-order chi connectivity index (χ1) is 8.56. The van der Waals surface area contributed by atoms with Crippen molar-refractivity contribution in [3.8, 4) is 0 Å². The van der Waals surface area contributed by atoms with Crippen LogP contribution in [0.3, 0.4) is 0 Å². The highest BCUT2D eigenvalue weighted by Gasteiger charge is 2.16. The van der Waals surface area contributed by atoms with E-state index in [1.807, 2.05) is 24.3 Å². The number of rotatable bonds is 4. The lowest BCUT2D eigenvalue weighted by Crippen LogP contribution is -2.36. The Morgan fingerprint density at radius 2 is 1.89 bits per heavy atom. The smallest absolute Gasteiger partial charge is 0.302 e. The van der Waals surface area contributed by atoms with Crippen LogP contribution in [-0.2, 0) is 21.4 Å². The van der Waals surface area contributed by atoms with Crippen molar-refractivity contribution in [3.63, 3.8) is 0 Å². The van der Waals surface area contributed by atoms with Crippen LogP contribution in [0.15, 0.2) is 24.3 Å². The maximum atomic E-state index is 12.6. The lowest BCUT2D eigenvalue weighted by Gasteiger charge is -2.30. The minimum Gasteiger partial charge on any atom is -0.378 e. The van der Waals surface area contributed by atoms with Crippen molar-refractivity contribution in [1.82, 2.24) is 0 Å². The van der Waals surface area contributed by atoms with E-state index in [0.717, 1.165) is 24.3 Å². The molecule has 1 aliphatic rings. The van der Waals surface area contributed by atoms with Crippen LogP contribution in [0.1, 0.15) is 5.56 Å². The second-order valence-corrected chi connectivity index (χ2v) is 5.71. The predicted molar refractivity (Wildman–Crippen MR) is 68.1 cm³/mol. The topological polar surface area (TPSA) is 46.6 Å². The first-order valence-electron chi connectivity index (χ1n) is 5.89. The van der Waals surface area contributed by atoms with Crippen molar-refractivity contribution in [1.29, 1.82) is 0 Å². The summed E-state index contributed by atoms with van der Waals surface area (Å²) < 4.78 is 39.0. The van der Waals surface area contributed by atoms with Gasteiger partial charge in [0.05, 0.1) is 19.0 Å². The van der Waals surface area contributed by atoms with Gasteiger partial charge >= 0.3 is 10.2 Å². The zero-order valence-electron chi connectivity index (χ0n) is 10.0. The van der Waals surface area contributed by atoms with E-state index in [9.17, 15) is 12.3 Å². The van der Waals surface area contributed by atoms with E-state index >= 15 is 0 Å². The fourth-order valence-corrected chi connectivity index (χ4v) is 2.53. The minimum atomic E-state index is -4.41. The summed E-state index contributed by atoms with van der Waals surface area (Å²) >= 11 is 0. The summed E-state index contributed by atoms with van der Waals surface area (Å²) in [6.45, 7) is 2.88. The molecule has 0 atom stereocenters. The third-order valence-corrected chi connectivity index (χ3v) is 3.65. The molecule has 0 aromatic heterocycles. The quantitative estimate of drug-likeness (QED) is 0.777. The molecule has 0 N–H and O–H groups in total. The average Bonchev–Trinajstić information content (AvgIpc) is 2.37. The third kappa shape index (κ3) is 3.68. The summed E-state index contributed by atoms with van der Waals surface area (Å²) in [7, 11) is -4.41. The minimum absolute atomic E-state index is 0.201. The monoisotopic (exact) mass is 273 g/mol. The van der Waals surface area contributed by atoms with Gasteiger partial charge in [0.2, 0.25) is 0 Å². The summed E-state index contributed by atoms with van der Waals surface area (Å²) in [4.78, 5) is 2.14. The standard InChI is InChI=1S/C12H16FNO3S/c13-18(15,16)10-5-11-3-1-2-4-12(11)14-6-8-17-9-7-14/h1-4H,5-10H2. The normalized spacial score (nSPS) is 16.8. The number of hydrogen-bond acceptors (Lipinski definition) is 4. The Labute approximate surface area is 107 Å². The van der Waals surface area contributed by atoms with E-state index in [4.69, 9.17) is 4.74 Å². The Morgan fingerprint density at radius 1 is 1.22 bits per heavy atom. The summed E-state index contributed by atoms with van der Waals surface area (Å²) in [5.74, 6) is -0.464. The molecule has 2 rings (SSSR count). The van der Waals surface area contributed by atoms with E-state index in [1.54, 1.807) is 0 Å². The molecule has 0 saturated carbocycles. The molecule has 1 aliphatic heterocycles. The maximum absolute atomic E-state index is 12.6. The van der Waals surface area contributed by atoms with E-state index in [0.29, 0.717) is 13.2 Å². The van der Waals surface area contributed by atoms with Gasteiger partial charge in [-0.2, -0.15) is 8.42 Å². The second-order valence-electron chi connectivity index (χ2n) is 4.22. The van der Waals surface area contributed by atoms with Crippen molar-refractivity contribution in [3.05, 3.63) is 29.8 Å². The molecule has 1 aromatic carbocycles. The molecule has 0 unspecified atom stereocenters. The fraction of sp³-hybridized carbons (Fsp3) is 0.500. The second kappa shape index (κ2) is 5.67. The zero-order valence-corrected chi connectivity index (χ0v) is 10.8. The summed E-state index contributed by atoms with van der Waals surface area (Å²) in [5.41, 5.74) is 1.84. The summed E-state index contributed by atoms with van der Waals surface area (Å²) in [5, 5.41) is 0. The molecule has 1 aromatic rings. The maximum Gasteiger partial charge on any atom is 0.302 e. The third-order valence-electron chi connectivity index (χ3n) is 2.96. The molecule has 0 amide bonds. The Balaban J connectivity index is 2.14. The van der Waals surface area contributed by atoms with Gasteiger partial charge in [-0.1, -0.05) is 18.2 Å². The van der Waals surface area contributed by atoms with Crippen LogP contribution >= 0.6 is 0 Å². The summed E-state index contributed by atoms with van der Waals surface area (Å²) in [6.07, 6.45) is 0.201. The van der Waals surface area contributed by atoms with Gasteiger partial charge in [0, 0.05) is 18.8 Å². The van der Waals surface area contributed by atoms with Crippen LogP contribution < -0.4 is 4.90 Å². The Kier molecular flexibility index (Phi) is 4.19. The van der Waals surface area contributed by atoms with Crippen molar-refractivity contribution < 1.29 is 17.0 Å². The van der Waals surface area contributed by atoms with E-state index in [-0.39, 0.29) is 6.42 Å². The SMILES string of the molecule is O=S(=O)(F)CCc1ccccc1N1CCOCC1. The predicted octanol–water partition coefficient (Wildman–Crippen LogP) is 1.37. The highest BCUT2D eigenvalue weighted by molar-refractivity contribution is 7.86. The molecule has 0 aliphatic carbocycles. The van der Waals surface area contributed by atoms with Crippen molar-refractivity contribution in [2.75, 3.05) is 37.0 Å². The van der Waals surface area contributed by atoms with Gasteiger partial charge in [0.1, 0.15) is 0 Å². The molecule has 1 heterocycles. The van der Waals surface area contributed by atoms with Crippen molar-refractivity contribution >= 4 is 15.9 Å². The largest absolute Gasteiger partial charge is 0.378 e. The number of benzene rings is 1. The number of nitrogens with zero attached hydrogens (tertiary/aromatic N) is 1. The molecule has 18 heavy (non-hydrogen) atoms. The first kappa shape index (κ1) is 13.3. The van der Waals surface area contributed by atoms with E-state index in [2.05, 4.69) is 4.90 Å². The zero-order chi connectivity index (χ0) is 13.0. The molecule has 100 valence electrons. The molecule has 4 nitrogen and oxygen atoms in total. The van der Waals surface area contributed by atoms with Crippen LogP contribution in [0.2, 0.25) is 0 Å². The van der Waals surface area contributed by atoms with E-state index < -0.39 is 16.0 Å². The molecule has 0 radical (unpaired) electrons. The van der Waals surface area contributed by atoms with Gasteiger partial charge in [0.25, 0.3) is 0 Å². The average molecular weight is 273 g/mol. The number of morpholine rings is 1. The Hall–Kier alpha value is -1.14. The molecule has 0 spiro atoms. The van der Waals surface area contributed by atoms with Gasteiger partial charge in [-0.15, -0.1) is 3.89 Å². The molecule has 1 fully saturated rings. The fourth-order valence-electron chi connectivity index (χ4n) is 2.07. The van der Waals surface area contributed by atoms with Crippen LogP contribution in [0, 0.1) is 0 Å². The first-order valence-corrected chi connectivity index (χ1v) is 7.44. The number of ether oxygens (including phenoxy) is 1. The van der Waals surface area contributed by atoms with Gasteiger partial charge in [-0.25, -0.2) is 0 Å². The van der Waals surface area contributed by atoms with Gasteiger partial charge in [-0.3, -0.25) is 0 Å². The number of aryl methyl sites for hydroxylation is 1. The number of para-hydroxylation sites is 1. The molecule has 0 bridgehead atoms. The van der Waals surface area contributed by atoms with Crippen LogP contribution in [-0.4, -0.2) is 40.5 Å². The van der Waals surface area contributed by atoms with Gasteiger partial charge in [-0.05, 0) is 18.1 Å². The van der Waals surface area contributed by atoms with Crippen LogP contribution in [0.5, 0.6) is 0 Å². The molecule has 1 saturated heterocycles.